The Morgan fingerprint density at radius 2 is 1.44 bits per heavy atom. The Kier molecular flexibility index (Phi) is 11.5. The molecule has 0 radical (unpaired) electrons. The second kappa shape index (κ2) is 14.6. The van der Waals surface area contributed by atoms with E-state index >= 15 is 0 Å². The summed E-state index contributed by atoms with van der Waals surface area (Å²) in [5, 5.41) is 18.4. The summed E-state index contributed by atoms with van der Waals surface area (Å²) >= 11 is 0. The molecule has 6 heteroatoms. The molecule has 0 bridgehead atoms. The number of allylic oxidation sites excluding steroid dienone is 2. The molecule has 2 aromatic rings. The van der Waals surface area contributed by atoms with Gasteiger partial charge in [-0.05, 0) is 66.0 Å². The van der Waals surface area contributed by atoms with E-state index in [9.17, 15) is 14.7 Å². The van der Waals surface area contributed by atoms with Crippen molar-refractivity contribution in [1.29, 1.82) is 0 Å². The lowest BCUT2D eigenvalue weighted by molar-refractivity contribution is -0.131. The summed E-state index contributed by atoms with van der Waals surface area (Å²) in [6.07, 6.45) is 10.6. The normalized spacial score (nSPS) is 11.5. The van der Waals surface area contributed by atoms with Crippen molar-refractivity contribution in [3.63, 3.8) is 0 Å². The number of unbranched alkanes of at least 4 members (excludes halogenated alkanes) is 4. The Morgan fingerprint density at radius 1 is 0.794 bits per heavy atom. The van der Waals surface area contributed by atoms with Gasteiger partial charge in [-0.2, -0.15) is 0 Å². The van der Waals surface area contributed by atoms with E-state index in [-0.39, 0.29) is 5.56 Å². The number of carboxylic acid groups (broad SMARTS) is 2. The predicted molar refractivity (Wildman–Crippen MR) is 135 cm³/mol. The molecule has 2 rings (SSSR count). The lowest BCUT2D eigenvalue weighted by Crippen LogP contribution is -2.03. The van der Waals surface area contributed by atoms with Crippen LogP contribution >= 0.6 is 0 Å². The molecule has 0 saturated carbocycles. The third-order valence-electron chi connectivity index (χ3n) is 5.15. The van der Waals surface area contributed by atoms with E-state index in [0.717, 1.165) is 50.2 Å². The van der Waals surface area contributed by atoms with Crippen molar-refractivity contribution < 1.29 is 29.3 Å². The molecule has 0 aliphatic carbocycles. The second-order valence-electron chi connectivity index (χ2n) is 7.97. The highest BCUT2D eigenvalue weighted by atomic mass is 16.5. The van der Waals surface area contributed by atoms with E-state index in [1.54, 1.807) is 18.2 Å². The molecule has 0 amide bonds. The number of benzene rings is 2. The fourth-order valence-corrected chi connectivity index (χ4v) is 3.31. The van der Waals surface area contributed by atoms with E-state index in [0.29, 0.717) is 35.8 Å². The Bertz CT molecular complexity index is 1010. The van der Waals surface area contributed by atoms with Gasteiger partial charge < -0.3 is 19.7 Å². The molecule has 182 valence electrons. The van der Waals surface area contributed by atoms with E-state index < -0.39 is 11.9 Å². The summed E-state index contributed by atoms with van der Waals surface area (Å²) in [5.74, 6) is -0.811. The molecule has 0 fully saturated rings. The zero-order valence-electron chi connectivity index (χ0n) is 20.0. The van der Waals surface area contributed by atoms with Gasteiger partial charge in [0.15, 0.2) is 11.5 Å². The fourth-order valence-electron chi connectivity index (χ4n) is 3.31. The first kappa shape index (κ1) is 26.7. The lowest BCUT2D eigenvalue weighted by atomic mass is 10.00. The van der Waals surface area contributed by atoms with Gasteiger partial charge in [0, 0.05) is 6.08 Å². The molecule has 0 heterocycles. The zero-order chi connectivity index (χ0) is 24.8. The maximum absolute atomic E-state index is 11.4. The SMILES string of the molecule is CCCCCOc1ccc(/C=C(/C=CC(=O)O)c2cccc(C(=O)O)c2)cc1OCCCCC. The Balaban J connectivity index is 2.40. The van der Waals surface area contributed by atoms with Gasteiger partial charge in [0.1, 0.15) is 0 Å². The molecule has 0 aliphatic rings. The summed E-state index contributed by atoms with van der Waals surface area (Å²) < 4.78 is 12.0. The van der Waals surface area contributed by atoms with Crippen molar-refractivity contribution in [3.8, 4) is 11.5 Å². The van der Waals surface area contributed by atoms with Gasteiger partial charge in [0.05, 0.1) is 18.8 Å². The van der Waals surface area contributed by atoms with Crippen LogP contribution in [0.1, 0.15) is 73.9 Å². The summed E-state index contributed by atoms with van der Waals surface area (Å²) in [6.45, 7) is 5.48. The standard InChI is InChI=1S/C28H34O6/c1-3-5-7-16-33-25-14-12-21(19-26(25)34-17-8-6-4-2)18-23(13-15-27(29)30)22-10-9-11-24(20-22)28(31)32/h9-15,18-20H,3-8,16-17H2,1-2H3,(H,29,30)(H,31,32)/b15-13?,23-18-. The average molecular weight is 467 g/mol. The number of carbonyl (C=O) groups is 2. The third-order valence-corrected chi connectivity index (χ3v) is 5.15. The van der Waals surface area contributed by atoms with Crippen LogP contribution in [0.4, 0.5) is 0 Å². The minimum atomic E-state index is -1.09. The Hall–Kier alpha value is -3.54. The van der Waals surface area contributed by atoms with Crippen LogP contribution in [0.15, 0.2) is 54.6 Å². The van der Waals surface area contributed by atoms with Crippen LogP contribution in [0.2, 0.25) is 0 Å². The van der Waals surface area contributed by atoms with E-state index in [1.165, 1.54) is 18.2 Å². The van der Waals surface area contributed by atoms with Crippen molar-refractivity contribution in [3.05, 3.63) is 71.3 Å². The quantitative estimate of drug-likeness (QED) is 0.131. The van der Waals surface area contributed by atoms with Crippen molar-refractivity contribution >= 4 is 23.6 Å². The highest BCUT2D eigenvalue weighted by Gasteiger charge is 2.09. The first-order chi connectivity index (χ1) is 16.4. The number of carboxylic acids is 2. The third kappa shape index (κ3) is 9.14. The number of rotatable bonds is 15. The van der Waals surface area contributed by atoms with Gasteiger partial charge in [0.2, 0.25) is 0 Å². The fraction of sp³-hybridized carbons (Fsp3) is 0.357. The van der Waals surface area contributed by atoms with Crippen LogP contribution in [-0.4, -0.2) is 35.4 Å². The largest absolute Gasteiger partial charge is 0.490 e. The van der Waals surface area contributed by atoms with E-state index in [4.69, 9.17) is 14.6 Å². The van der Waals surface area contributed by atoms with Gasteiger partial charge >= 0.3 is 11.9 Å². The summed E-state index contributed by atoms with van der Waals surface area (Å²) in [5.41, 5.74) is 2.09. The van der Waals surface area contributed by atoms with Crippen LogP contribution in [0, 0.1) is 0 Å². The first-order valence-electron chi connectivity index (χ1n) is 11.8. The highest BCUT2D eigenvalue weighted by molar-refractivity contribution is 5.94. The van der Waals surface area contributed by atoms with Crippen LogP contribution in [-0.2, 0) is 4.79 Å². The minimum Gasteiger partial charge on any atom is -0.490 e. The summed E-state index contributed by atoms with van der Waals surface area (Å²) in [7, 11) is 0. The number of aliphatic carboxylic acids is 1. The molecular formula is C28H34O6. The van der Waals surface area contributed by atoms with Crippen molar-refractivity contribution in [2.75, 3.05) is 13.2 Å². The lowest BCUT2D eigenvalue weighted by Gasteiger charge is -2.14. The van der Waals surface area contributed by atoms with Crippen LogP contribution in [0.5, 0.6) is 11.5 Å². The van der Waals surface area contributed by atoms with Gasteiger partial charge in [-0.25, -0.2) is 9.59 Å². The van der Waals surface area contributed by atoms with Crippen LogP contribution in [0.3, 0.4) is 0 Å². The summed E-state index contributed by atoms with van der Waals surface area (Å²) in [4.78, 5) is 22.5. The Labute approximate surface area is 201 Å². The van der Waals surface area contributed by atoms with Gasteiger partial charge in [-0.3, -0.25) is 0 Å². The highest BCUT2D eigenvalue weighted by Crippen LogP contribution is 2.31. The van der Waals surface area contributed by atoms with Crippen molar-refractivity contribution in [2.24, 2.45) is 0 Å². The minimum absolute atomic E-state index is 0.128. The first-order valence-corrected chi connectivity index (χ1v) is 11.8. The van der Waals surface area contributed by atoms with Crippen LogP contribution < -0.4 is 9.47 Å². The number of hydrogen-bond acceptors (Lipinski definition) is 4. The number of ether oxygens (including phenoxy) is 2. The molecule has 0 spiro atoms. The molecular weight excluding hydrogens is 432 g/mol. The topological polar surface area (TPSA) is 93.1 Å². The maximum Gasteiger partial charge on any atom is 0.335 e. The van der Waals surface area contributed by atoms with E-state index in [2.05, 4.69) is 13.8 Å². The maximum atomic E-state index is 11.4. The second-order valence-corrected chi connectivity index (χ2v) is 7.97. The molecule has 34 heavy (non-hydrogen) atoms. The molecule has 0 atom stereocenters. The molecule has 6 nitrogen and oxygen atoms in total. The van der Waals surface area contributed by atoms with Gasteiger partial charge in [-0.1, -0.05) is 57.7 Å². The zero-order valence-corrected chi connectivity index (χ0v) is 20.0. The smallest absolute Gasteiger partial charge is 0.335 e. The predicted octanol–water partition coefficient (Wildman–Crippen LogP) is 6.70. The average Bonchev–Trinajstić information content (AvgIpc) is 2.83. The Morgan fingerprint density at radius 3 is 2.06 bits per heavy atom. The molecule has 2 N–H and O–H groups in total. The van der Waals surface area contributed by atoms with Crippen molar-refractivity contribution in [2.45, 2.75) is 52.4 Å². The van der Waals surface area contributed by atoms with Crippen LogP contribution in [0.25, 0.3) is 11.6 Å². The monoisotopic (exact) mass is 466 g/mol. The molecule has 0 saturated heterocycles. The molecule has 0 unspecified atom stereocenters. The molecule has 2 aromatic carbocycles. The molecule has 0 aliphatic heterocycles. The summed E-state index contributed by atoms with van der Waals surface area (Å²) in [6, 6.07) is 12.0. The van der Waals surface area contributed by atoms with E-state index in [1.807, 2.05) is 18.2 Å². The van der Waals surface area contributed by atoms with Gasteiger partial charge in [0.25, 0.3) is 0 Å². The van der Waals surface area contributed by atoms with Crippen molar-refractivity contribution in [1.82, 2.24) is 0 Å². The number of aromatic carboxylic acids is 1. The number of hydrogen-bond donors (Lipinski definition) is 2. The molecule has 0 aromatic heterocycles. The van der Waals surface area contributed by atoms with Gasteiger partial charge in [-0.15, -0.1) is 0 Å².